The third-order valence-corrected chi connectivity index (χ3v) is 4.71. The molecule has 0 spiro atoms. The molecule has 1 aliphatic rings. The fourth-order valence-corrected chi connectivity index (χ4v) is 3.18. The molecule has 1 aliphatic carbocycles. The molecule has 0 radical (unpaired) electrons. The van der Waals surface area contributed by atoms with Crippen molar-refractivity contribution in [1.82, 2.24) is 5.32 Å². The van der Waals surface area contributed by atoms with Crippen LogP contribution in [0.5, 0.6) is 0 Å². The molecule has 0 heterocycles. The van der Waals surface area contributed by atoms with Gasteiger partial charge in [0.1, 0.15) is 5.60 Å². The number of alkyl carbamates (subject to hydrolysis) is 1. The van der Waals surface area contributed by atoms with E-state index in [1.54, 1.807) is 0 Å². The normalized spacial score (nSPS) is 19.2. The molecule has 2 aromatic rings. The third kappa shape index (κ3) is 5.27. The number of benzene rings is 2. The number of halogens is 3. The fraction of sp³-hybridized carbons (Fsp3) is 0.409. The SMILES string of the molecule is CC(C)(C)OC(=O)NCC1CC1c1ccc(-c2ccc(C(F)(F)F)cc2)cc1. The number of carbonyl (C=O) groups is 1. The van der Waals surface area contributed by atoms with E-state index in [1.807, 2.05) is 45.0 Å². The number of nitrogens with one attached hydrogen (secondary N) is 1. The lowest BCUT2D eigenvalue weighted by atomic mass is 10.0. The van der Waals surface area contributed by atoms with Crippen LogP contribution in [0.1, 0.15) is 44.2 Å². The lowest BCUT2D eigenvalue weighted by molar-refractivity contribution is -0.137. The van der Waals surface area contributed by atoms with Gasteiger partial charge < -0.3 is 10.1 Å². The highest BCUT2D eigenvalue weighted by molar-refractivity contribution is 5.67. The maximum atomic E-state index is 12.7. The Morgan fingerprint density at radius 2 is 1.54 bits per heavy atom. The van der Waals surface area contributed by atoms with Crippen LogP contribution in [0.2, 0.25) is 0 Å². The lowest BCUT2D eigenvalue weighted by Gasteiger charge is -2.19. The molecule has 2 unspecified atom stereocenters. The zero-order valence-corrected chi connectivity index (χ0v) is 16.1. The maximum absolute atomic E-state index is 12.7. The summed E-state index contributed by atoms with van der Waals surface area (Å²) in [6, 6.07) is 13.0. The Balaban J connectivity index is 1.55. The van der Waals surface area contributed by atoms with Gasteiger partial charge in [-0.25, -0.2) is 4.79 Å². The first-order chi connectivity index (χ1) is 13.0. The van der Waals surface area contributed by atoms with Crippen molar-refractivity contribution in [1.29, 1.82) is 0 Å². The van der Waals surface area contributed by atoms with Gasteiger partial charge in [-0.05, 0) is 67.9 Å². The molecule has 0 saturated heterocycles. The van der Waals surface area contributed by atoms with Crippen molar-refractivity contribution in [2.75, 3.05) is 6.54 Å². The second-order valence-corrected chi connectivity index (χ2v) is 8.18. The molecule has 1 fully saturated rings. The summed E-state index contributed by atoms with van der Waals surface area (Å²) < 4.78 is 43.2. The maximum Gasteiger partial charge on any atom is 0.416 e. The standard InChI is InChI=1S/C22H24F3NO2/c1-21(2,3)28-20(27)26-13-17-12-19(17)16-6-4-14(5-7-16)15-8-10-18(11-9-15)22(23,24)25/h4-11,17,19H,12-13H2,1-3H3,(H,26,27). The molecule has 2 atom stereocenters. The summed E-state index contributed by atoms with van der Waals surface area (Å²) >= 11 is 0. The molecule has 3 rings (SSSR count). The van der Waals surface area contributed by atoms with Crippen molar-refractivity contribution in [3.8, 4) is 11.1 Å². The van der Waals surface area contributed by atoms with E-state index in [1.165, 1.54) is 17.7 Å². The highest BCUT2D eigenvalue weighted by Gasteiger charge is 2.38. The first kappa shape index (κ1) is 20.2. The minimum absolute atomic E-state index is 0.379. The van der Waals surface area contributed by atoms with E-state index in [0.29, 0.717) is 18.4 Å². The van der Waals surface area contributed by atoms with Gasteiger partial charge in [0, 0.05) is 6.54 Å². The van der Waals surface area contributed by atoms with E-state index >= 15 is 0 Å². The summed E-state index contributed by atoms with van der Waals surface area (Å²) in [5.41, 5.74) is 1.64. The Morgan fingerprint density at radius 1 is 1.00 bits per heavy atom. The average molecular weight is 391 g/mol. The molecule has 0 bridgehead atoms. The predicted molar refractivity (Wildman–Crippen MR) is 102 cm³/mol. The Hall–Kier alpha value is -2.50. The van der Waals surface area contributed by atoms with Crippen LogP contribution < -0.4 is 5.32 Å². The number of ether oxygens (including phenoxy) is 1. The molecule has 28 heavy (non-hydrogen) atoms. The number of hydrogen-bond acceptors (Lipinski definition) is 2. The van der Waals surface area contributed by atoms with Crippen molar-refractivity contribution < 1.29 is 22.7 Å². The molecule has 1 N–H and O–H groups in total. The van der Waals surface area contributed by atoms with Crippen LogP contribution in [0, 0.1) is 5.92 Å². The van der Waals surface area contributed by atoms with Crippen LogP contribution in [0.15, 0.2) is 48.5 Å². The zero-order chi connectivity index (χ0) is 20.5. The van der Waals surface area contributed by atoms with Gasteiger partial charge in [-0.15, -0.1) is 0 Å². The molecular formula is C22H24F3NO2. The van der Waals surface area contributed by atoms with Crippen molar-refractivity contribution in [3.63, 3.8) is 0 Å². The molecule has 6 heteroatoms. The number of rotatable bonds is 4. The van der Waals surface area contributed by atoms with Crippen molar-refractivity contribution >= 4 is 6.09 Å². The average Bonchev–Trinajstić information content (AvgIpc) is 3.38. The summed E-state index contributed by atoms with van der Waals surface area (Å²) in [7, 11) is 0. The van der Waals surface area contributed by atoms with E-state index in [0.717, 1.165) is 29.7 Å². The largest absolute Gasteiger partial charge is 0.444 e. The third-order valence-electron chi connectivity index (χ3n) is 4.71. The van der Waals surface area contributed by atoms with E-state index in [9.17, 15) is 18.0 Å². The molecule has 0 aromatic heterocycles. The Morgan fingerprint density at radius 3 is 2.04 bits per heavy atom. The molecule has 1 saturated carbocycles. The molecule has 1 amide bonds. The monoisotopic (exact) mass is 391 g/mol. The van der Waals surface area contributed by atoms with Crippen LogP contribution >= 0.6 is 0 Å². The first-order valence-corrected chi connectivity index (χ1v) is 9.27. The van der Waals surface area contributed by atoms with E-state index < -0.39 is 23.4 Å². The number of amides is 1. The van der Waals surface area contributed by atoms with Gasteiger partial charge in [0.25, 0.3) is 0 Å². The highest BCUT2D eigenvalue weighted by atomic mass is 19.4. The summed E-state index contributed by atoms with van der Waals surface area (Å²) in [5, 5.41) is 2.80. The number of hydrogen-bond donors (Lipinski definition) is 1. The van der Waals surface area contributed by atoms with Gasteiger partial charge >= 0.3 is 12.3 Å². The summed E-state index contributed by atoms with van der Waals surface area (Å²) in [6.45, 7) is 6.04. The van der Waals surface area contributed by atoms with E-state index in [4.69, 9.17) is 4.74 Å². The number of carbonyl (C=O) groups excluding carboxylic acids is 1. The van der Waals surface area contributed by atoms with Crippen LogP contribution in [-0.4, -0.2) is 18.2 Å². The summed E-state index contributed by atoms with van der Waals surface area (Å²) in [5.74, 6) is 0.765. The quantitative estimate of drug-likeness (QED) is 0.694. The second-order valence-electron chi connectivity index (χ2n) is 8.18. The lowest BCUT2D eigenvalue weighted by Crippen LogP contribution is -2.33. The molecule has 2 aromatic carbocycles. The van der Waals surface area contributed by atoms with Gasteiger partial charge in [-0.3, -0.25) is 0 Å². The van der Waals surface area contributed by atoms with Crippen molar-refractivity contribution in [2.45, 2.75) is 44.9 Å². The highest BCUT2D eigenvalue weighted by Crippen LogP contribution is 2.47. The predicted octanol–water partition coefficient (Wildman–Crippen LogP) is 6.00. The molecule has 0 aliphatic heterocycles. The van der Waals surface area contributed by atoms with Crippen LogP contribution in [0.3, 0.4) is 0 Å². The van der Waals surface area contributed by atoms with Gasteiger partial charge in [-0.2, -0.15) is 13.2 Å². The zero-order valence-electron chi connectivity index (χ0n) is 16.1. The molecule has 150 valence electrons. The first-order valence-electron chi connectivity index (χ1n) is 9.27. The van der Waals surface area contributed by atoms with Crippen molar-refractivity contribution in [2.24, 2.45) is 5.92 Å². The topological polar surface area (TPSA) is 38.3 Å². The van der Waals surface area contributed by atoms with Crippen LogP contribution in [0.4, 0.5) is 18.0 Å². The summed E-state index contributed by atoms with van der Waals surface area (Å²) in [6.07, 6.45) is -3.73. The Labute approximate surface area is 162 Å². The number of alkyl halides is 3. The molecular weight excluding hydrogens is 367 g/mol. The minimum atomic E-state index is -4.32. The Kier molecular flexibility index (Phi) is 5.41. The van der Waals surface area contributed by atoms with Crippen LogP contribution in [-0.2, 0) is 10.9 Å². The second kappa shape index (κ2) is 7.49. The van der Waals surface area contributed by atoms with E-state index in [2.05, 4.69) is 5.32 Å². The van der Waals surface area contributed by atoms with Gasteiger partial charge in [0.2, 0.25) is 0 Å². The van der Waals surface area contributed by atoms with Gasteiger partial charge in [0.15, 0.2) is 0 Å². The van der Waals surface area contributed by atoms with E-state index in [-0.39, 0.29) is 0 Å². The summed E-state index contributed by atoms with van der Waals surface area (Å²) in [4.78, 5) is 11.7. The van der Waals surface area contributed by atoms with Crippen molar-refractivity contribution in [3.05, 3.63) is 59.7 Å². The smallest absolute Gasteiger partial charge is 0.416 e. The fourth-order valence-electron chi connectivity index (χ4n) is 3.18. The van der Waals surface area contributed by atoms with Gasteiger partial charge in [0.05, 0.1) is 5.56 Å². The molecule has 3 nitrogen and oxygen atoms in total. The Bertz CT molecular complexity index is 821. The van der Waals surface area contributed by atoms with Crippen LogP contribution in [0.25, 0.3) is 11.1 Å². The minimum Gasteiger partial charge on any atom is -0.444 e. The van der Waals surface area contributed by atoms with Gasteiger partial charge in [-0.1, -0.05) is 36.4 Å².